The van der Waals surface area contributed by atoms with Gasteiger partial charge in [0, 0.05) is 5.39 Å². The van der Waals surface area contributed by atoms with E-state index < -0.39 is 11.9 Å². The van der Waals surface area contributed by atoms with Gasteiger partial charge >= 0.3 is 5.97 Å². The van der Waals surface area contributed by atoms with Gasteiger partial charge in [-0.05, 0) is 24.6 Å². The number of aromatic carboxylic acids is 1. The number of primary amides is 1. The molecule has 6 heteroatoms. The number of carboxylic acid groups (broad SMARTS) is 1. The van der Waals surface area contributed by atoms with Gasteiger partial charge in [0.15, 0.2) is 0 Å². The Morgan fingerprint density at radius 1 is 1.39 bits per heavy atom. The molecule has 0 fully saturated rings. The molecule has 6 nitrogen and oxygen atoms in total. The molecule has 1 heterocycles. The first-order valence-corrected chi connectivity index (χ1v) is 5.19. The molecule has 4 N–H and O–H groups in total. The van der Waals surface area contributed by atoms with Gasteiger partial charge in [0.1, 0.15) is 11.4 Å². The van der Waals surface area contributed by atoms with E-state index in [9.17, 15) is 9.59 Å². The van der Waals surface area contributed by atoms with Crippen molar-refractivity contribution in [2.24, 2.45) is 5.73 Å². The number of aromatic amines is 1. The van der Waals surface area contributed by atoms with Crippen LogP contribution in [0.2, 0.25) is 0 Å². The Kier molecular flexibility index (Phi) is 2.70. The number of rotatable bonds is 3. The number of methoxy groups -OCH3 is 1. The van der Waals surface area contributed by atoms with Crippen molar-refractivity contribution < 1.29 is 19.4 Å². The molecule has 0 aliphatic carbocycles. The molecule has 94 valence electrons. The summed E-state index contributed by atoms with van der Waals surface area (Å²) in [6.45, 7) is 1.69. The lowest BCUT2D eigenvalue weighted by atomic mass is 10.1. The Labute approximate surface area is 102 Å². The van der Waals surface area contributed by atoms with Crippen molar-refractivity contribution in [3.63, 3.8) is 0 Å². The Bertz CT molecular complexity index is 658. The zero-order chi connectivity index (χ0) is 13.4. The summed E-state index contributed by atoms with van der Waals surface area (Å²) in [4.78, 5) is 25.2. The quantitative estimate of drug-likeness (QED) is 0.760. The highest BCUT2D eigenvalue weighted by Gasteiger charge is 2.20. The number of H-pyrrole nitrogens is 1. The van der Waals surface area contributed by atoms with Gasteiger partial charge in [-0.1, -0.05) is 0 Å². The summed E-state index contributed by atoms with van der Waals surface area (Å²) in [6.07, 6.45) is 0. The highest BCUT2D eigenvalue weighted by atomic mass is 16.5. The lowest BCUT2D eigenvalue weighted by Gasteiger charge is -2.04. The molecule has 1 aromatic carbocycles. The highest BCUT2D eigenvalue weighted by molar-refractivity contribution is 6.09. The monoisotopic (exact) mass is 248 g/mol. The molecule has 0 unspecified atom stereocenters. The minimum atomic E-state index is -1.08. The molecule has 0 aliphatic rings. The SMILES string of the molecule is COc1ccc(C(=O)O)c2[nH]c(C(N)=O)c(C)c12. The van der Waals surface area contributed by atoms with Gasteiger partial charge in [0.25, 0.3) is 5.91 Å². The minimum absolute atomic E-state index is 0.0707. The first-order valence-electron chi connectivity index (χ1n) is 5.19. The van der Waals surface area contributed by atoms with Crippen molar-refractivity contribution >= 4 is 22.8 Å². The maximum atomic E-state index is 11.3. The fourth-order valence-electron chi connectivity index (χ4n) is 2.02. The first kappa shape index (κ1) is 12.0. The number of fused-ring (bicyclic) bond motifs is 1. The molecule has 0 aliphatic heterocycles. The number of amides is 1. The zero-order valence-electron chi connectivity index (χ0n) is 9.90. The van der Waals surface area contributed by atoms with Crippen LogP contribution in [0.4, 0.5) is 0 Å². The van der Waals surface area contributed by atoms with Crippen molar-refractivity contribution in [1.29, 1.82) is 0 Å². The number of carbonyl (C=O) groups is 2. The Hall–Kier alpha value is -2.50. The lowest BCUT2D eigenvalue weighted by Crippen LogP contribution is -2.12. The van der Waals surface area contributed by atoms with Gasteiger partial charge in [0.05, 0.1) is 18.2 Å². The number of aromatic nitrogens is 1. The largest absolute Gasteiger partial charge is 0.496 e. The summed E-state index contributed by atoms with van der Waals surface area (Å²) in [5.41, 5.74) is 6.42. The summed E-state index contributed by atoms with van der Waals surface area (Å²) in [5, 5.41) is 9.67. The van der Waals surface area contributed by atoms with Gasteiger partial charge in [-0.25, -0.2) is 4.79 Å². The van der Waals surface area contributed by atoms with Crippen LogP contribution in [0.15, 0.2) is 12.1 Å². The number of carboxylic acids is 1. The number of nitrogens with one attached hydrogen (secondary N) is 1. The first-order chi connectivity index (χ1) is 8.47. The molecule has 18 heavy (non-hydrogen) atoms. The van der Waals surface area contributed by atoms with Gasteiger partial charge in [-0.3, -0.25) is 4.79 Å². The maximum absolute atomic E-state index is 11.3. The molecule has 0 bridgehead atoms. The minimum Gasteiger partial charge on any atom is -0.496 e. The van der Waals surface area contributed by atoms with E-state index in [2.05, 4.69) is 4.98 Å². The van der Waals surface area contributed by atoms with Crippen molar-refractivity contribution in [1.82, 2.24) is 4.98 Å². The summed E-state index contributed by atoms with van der Waals surface area (Å²) in [6, 6.07) is 2.97. The molecule has 2 aromatic rings. The van der Waals surface area contributed by atoms with Gasteiger partial charge in [0.2, 0.25) is 0 Å². The number of aryl methyl sites for hydroxylation is 1. The highest BCUT2D eigenvalue weighted by Crippen LogP contribution is 2.32. The molecular formula is C12H12N2O4. The van der Waals surface area contributed by atoms with Crippen LogP contribution in [0.1, 0.15) is 26.4 Å². The van der Waals surface area contributed by atoms with E-state index >= 15 is 0 Å². The van der Waals surface area contributed by atoms with Crippen LogP contribution in [-0.4, -0.2) is 29.1 Å². The van der Waals surface area contributed by atoms with Crippen molar-refractivity contribution in [2.45, 2.75) is 6.92 Å². The van der Waals surface area contributed by atoms with Crippen LogP contribution >= 0.6 is 0 Å². The van der Waals surface area contributed by atoms with E-state index in [1.165, 1.54) is 13.2 Å². The Morgan fingerprint density at radius 3 is 2.56 bits per heavy atom. The molecule has 0 spiro atoms. The van der Waals surface area contributed by atoms with E-state index in [1.807, 2.05) is 0 Å². The van der Waals surface area contributed by atoms with E-state index in [1.54, 1.807) is 13.0 Å². The van der Waals surface area contributed by atoms with E-state index in [0.29, 0.717) is 22.2 Å². The second-order valence-corrected chi connectivity index (χ2v) is 3.86. The van der Waals surface area contributed by atoms with Gasteiger partial charge in [-0.15, -0.1) is 0 Å². The van der Waals surface area contributed by atoms with Crippen LogP contribution in [-0.2, 0) is 0 Å². The summed E-state index contributed by atoms with van der Waals surface area (Å²) in [5.74, 6) is -1.22. The molecule has 1 aromatic heterocycles. The third-order valence-corrected chi connectivity index (χ3v) is 2.86. The molecule has 1 amide bonds. The third kappa shape index (κ3) is 1.58. The third-order valence-electron chi connectivity index (χ3n) is 2.86. The fraction of sp³-hybridized carbons (Fsp3) is 0.167. The number of carbonyl (C=O) groups excluding carboxylic acids is 1. The molecular weight excluding hydrogens is 236 g/mol. The van der Waals surface area contributed by atoms with Crippen LogP contribution < -0.4 is 10.5 Å². The average Bonchev–Trinajstić information content (AvgIpc) is 2.66. The summed E-state index contributed by atoms with van der Waals surface area (Å²) in [7, 11) is 1.48. The Morgan fingerprint density at radius 2 is 2.06 bits per heavy atom. The lowest BCUT2D eigenvalue weighted by molar-refractivity contribution is 0.0698. The number of hydrogen-bond acceptors (Lipinski definition) is 3. The van der Waals surface area contributed by atoms with Crippen LogP contribution in [0.25, 0.3) is 10.9 Å². The van der Waals surface area contributed by atoms with Gasteiger partial charge < -0.3 is 20.6 Å². The summed E-state index contributed by atoms with van der Waals surface area (Å²) >= 11 is 0. The molecule has 0 saturated carbocycles. The summed E-state index contributed by atoms with van der Waals surface area (Å²) < 4.78 is 5.17. The average molecular weight is 248 g/mol. The van der Waals surface area contributed by atoms with Crippen LogP contribution in [0.5, 0.6) is 5.75 Å². The standard InChI is InChI=1S/C12H12N2O4/c1-5-8-7(18-2)4-3-6(12(16)17)10(8)14-9(5)11(13)15/h3-4,14H,1-2H3,(H2,13,15)(H,16,17). The van der Waals surface area contributed by atoms with E-state index in [0.717, 1.165) is 0 Å². The van der Waals surface area contributed by atoms with E-state index in [-0.39, 0.29) is 11.3 Å². The maximum Gasteiger partial charge on any atom is 0.337 e. The van der Waals surface area contributed by atoms with Crippen LogP contribution in [0, 0.1) is 6.92 Å². The Balaban J connectivity index is 2.92. The van der Waals surface area contributed by atoms with Crippen molar-refractivity contribution in [2.75, 3.05) is 7.11 Å². The molecule has 2 rings (SSSR count). The normalized spacial score (nSPS) is 10.6. The fourth-order valence-corrected chi connectivity index (χ4v) is 2.02. The number of benzene rings is 1. The smallest absolute Gasteiger partial charge is 0.337 e. The van der Waals surface area contributed by atoms with Gasteiger partial charge in [-0.2, -0.15) is 0 Å². The predicted octanol–water partition coefficient (Wildman–Crippen LogP) is 1.28. The van der Waals surface area contributed by atoms with E-state index in [4.69, 9.17) is 15.6 Å². The van der Waals surface area contributed by atoms with Crippen LogP contribution in [0.3, 0.4) is 0 Å². The number of hydrogen-bond donors (Lipinski definition) is 3. The van der Waals surface area contributed by atoms with Crippen molar-refractivity contribution in [3.05, 3.63) is 29.0 Å². The molecule has 0 saturated heterocycles. The number of ether oxygens (including phenoxy) is 1. The second-order valence-electron chi connectivity index (χ2n) is 3.86. The number of nitrogens with two attached hydrogens (primary N) is 1. The zero-order valence-corrected chi connectivity index (χ0v) is 9.90. The molecule has 0 atom stereocenters. The topological polar surface area (TPSA) is 105 Å². The molecule has 0 radical (unpaired) electrons. The predicted molar refractivity (Wildman–Crippen MR) is 65.1 cm³/mol. The second kappa shape index (κ2) is 4.06. The van der Waals surface area contributed by atoms with Crippen molar-refractivity contribution in [3.8, 4) is 5.75 Å².